The van der Waals surface area contributed by atoms with Crippen LogP contribution >= 0.6 is 11.3 Å². The van der Waals surface area contributed by atoms with Crippen molar-refractivity contribution in [3.8, 4) is 17.6 Å². The molecular formula is C21H17NO2S. The van der Waals surface area contributed by atoms with Crippen molar-refractivity contribution in [2.24, 2.45) is 0 Å². The molecule has 0 radical (unpaired) electrons. The van der Waals surface area contributed by atoms with Crippen LogP contribution in [0, 0.1) is 18.8 Å². The van der Waals surface area contributed by atoms with Gasteiger partial charge < -0.3 is 10.1 Å². The second-order valence-corrected chi connectivity index (χ2v) is 6.41. The van der Waals surface area contributed by atoms with Crippen LogP contribution in [0.2, 0.25) is 0 Å². The Hall–Kier alpha value is -3.03. The molecule has 3 nitrogen and oxygen atoms in total. The zero-order valence-electron chi connectivity index (χ0n) is 13.8. The van der Waals surface area contributed by atoms with Crippen molar-refractivity contribution in [2.75, 3.05) is 11.9 Å². The van der Waals surface area contributed by atoms with E-state index < -0.39 is 0 Å². The molecular weight excluding hydrogens is 330 g/mol. The predicted molar refractivity (Wildman–Crippen MR) is 102 cm³/mol. The maximum absolute atomic E-state index is 12.1. The van der Waals surface area contributed by atoms with Crippen LogP contribution in [0.1, 0.15) is 16.0 Å². The van der Waals surface area contributed by atoms with Gasteiger partial charge in [0, 0.05) is 11.3 Å². The van der Waals surface area contributed by atoms with Crippen LogP contribution in [0.5, 0.6) is 5.75 Å². The normalized spacial score (nSPS) is 9.80. The molecule has 3 rings (SSSR count). The molecule has 0 atom stereocenters. The van der Waals surface area contributed by atoms with Crippen molar-refractivity contribution >= 4 is 22.9 Å². The van der Waals surface area contributed by atoms with Crippen LogP contribution in [-0.4, -0.2) is 12.5 Å². The summed E-state index contributed by atoms with van der Waals surface area (Å²) in [4.78, 5) is 13.1. The Morgan fingerprint density at radius 3 is 2.76 bits per heavy atom. The van der Waals surface area contributed by atoms with Gasteiger partial charge in [0.1, 0.15) is 5.75 Å². The topological polar surface area (TPSA) is 38.3 Å². The highest BCUT2D eigenvalue weighted by molar-refractivity contribution is 7.10. The van der Waals surface area contributed by atoms with E-state index in [-0.39, 0.29) is 12.5 Å². The van der Waals surface area contributed by atoms with Crippen molar-refractivity contribution in [1.29, 1.82) is 0 Å². The Kier molecular flexibility index (Phi) is 5.50. The number of anilines is 1. The minimum absolute atomic E-state index is 0.0332. The molecule has 0 aliphatic heterocycles. The highest BCUT2D eigenvalue weighted by atomic mass is 32.1. The Balaban J connectivity index is 1.59. The molecule has 0 fully saturated rings. The van der Waals surface area contributed by atoms with Gasteiger partial charge >= 0.3 is 0 Å². The van der Waals surface area contributed by atoms with Crippen molar-refractivity contribution in [3.63, 3.8) is 0 Å². The van der Waals surface area contributed by atoms with E-state index in [1.54, 1.807) is 11.3 Å². The molecule has 0 aliphatic rings. The molecule has 1 aromatic heterocycles. The van der Waals surface area contributed by atoms with E-state index in [1.165, 1.54) is 0 Å². The predicted octanol–water partition coefficient (Wildman–Crippen LogP) is 4.47. The first kappa shape index (κ1) is 16.8. The summed E-state index contributed by atoms with van der Waals surface area (Å²) in [7, 11) is 0. The lowest BCUT2D eigenvalue weighted by Gasteiger charge is -2.08. The van der Waals surface area contributed by atoms with E-state index in [0.717, 1.165) is 16.0 Å². The molecule has 1 amide bonds. The molecule has 2 aromatic carbocycles. The van der Waals surface area contributed by atoms with Gasteiger partial charge in [-0.1, -0.05) is 36.1 Å². The highest BCUT2D eigenvalue weighted by Crippen LogP contribution is 2.13. The quantitative estimate of drug-likeness (QED) is 0.707. The highest BCUT2D eigenvalue weighted by Gasteiger charge is 2.04. The second kappa shape index (κ2) is 8.18. The van der Waals surface area contributed by atoms with Crippen molar-refractivity contribution in [1.82, 2.24) is 0 Å². The first-order valence-electron chi connectivity index (χ1n) is 7.84. The number of aryl methyl sites for hydroxylation is 1. The van der Waals surface area contributed by atoms with Gasteiger partial charge in [-0.15, -0.1) is 11.3 Å². The van der Waals surface area contributed by atoms with Crippen LogP contribution in [0.3, 0.4) is 0 Å². The summed E-state index contributed by atoms with van der Waals surface area (Å²) in [6.45, 7) is 1.95. The molecule has 1 heterocycles. The average molecular weight is 347 g/mol. The van der Waals surface area contributed by atoms with Gasteiger partial charge in [-0.3, -0.25) is 4.79 Å². The summed E-state index contributed by atoms with van der Waals surface area (Å²) in [5.41, 5.74) is 2.65. The molecule has 25 heavy (non-hydrogen) atoms. The molecule has 3 aromatic rings. The van der Waals surface area contributed by atoms with Crippen LogP contribution < -0.4 is 10.1 Å². The molecule has 124 valence electrons. The average Bonchev–Trinajstić information content (AvgIpc) is 3.12. The van der Waals surface area contributed by atoms with Gasteiger partial charge in [0.05, 0.1) is 4.88 Å². The Bertz CT molecular complexity index is 920. The number of carbonyl (C=O) groups excluding carboxylic acids is 1. The zero-order valence-corrected chi connectivity index (χ0v) is 14.6. The molecule has 0 unspecified atom stereocenters. The lowest BCUT2D eigenvalue weighted by molar-refractivity contribution is -0.118. The Morgan fingerprint density at radius 1 is 1.08 bits per heavy atom. The SMILES string of the molecule is Cc1cccc(OCC(=O)Nc2cccc(C#Cc3cccs3)c2)c1. The lowest BCUT2D eigenvalue weighted by Crippen LogP contribution is -2.20. The number of ether oxygens (including phenoxy) is 1. The third-order valence-corrected chi connectivity index (χ3v) is 4.14. The van der Waals surface area contributed by atoms with Crippen LogP contribution in [0.4, 0.5) is 5.69 Å². The largest absolute Gasteiger partial charge is 0.484 e. The molecule has 0 saturated heterocycles. The first-order chi connectivity index (χ1) is 12.2. The standard InChI is InChI=1S/C21H17NO2S/c1-16-5-2-8-19(13-16)24-15-21(23)22-18-7-3-6-17(14-18)10-11-20-9-4-12-25-20/h2-9,12-14H,15H2,1H3,(H,22,23). The number of hydrogen-bond acceptors (Lipinski definition) is 3. The third-order valence-electron chi connectivity index (χ3n) is 3.36. The molecule has 0 aliphatic carbocycles. The summed E-state index contributed by atoms with van der Waals surface area (Å²) in [5.74, 6) is 6.69. The summed E-state index contributed by atoms with van der Waals surface area (Å²) >= 11 is 1.60. The van der Waals surface area contributed by atoms with Crippen LogP contribution in [0.25, 0.3) is 0 Å². The Labute approximate surface area is 151 Å². The van der Waals surface area contributed by atoms with E-state index in [1.807, 2.05) is 73.0 Å². The van der Waals surface area contributed by atoms with E-state index in [4.69, 9.17) is 4.74 Å². The smallest absolute Gasteiger partial charge is 0.262 e. The summed E-state index contributed by atoms with van der Waals surface area (Å²) in [6.07, 6.45) is 0. The zero-order chi connectivity index (χ0) is 17.5. The monoisotopic (exact) mass is 347 g/mol. The van der Waals surface area contributed by atoms with E-state index in [9.17, 15) is 4.79 Å². The molecule has 0 saturated carbocycles. The van der Waals surface area contributed by atoms with Gasteiger partial charge in [0.2, 0.25) is 0 Å². The van der Waals surface area contributed by atoms with E-state index >= 15 is 0 Å². The number of rotatable bonds is 4. The van der Waals surface area contributed by atoms with Gasteiger partial charge in [-0.2, -0.15) is 0 Å². The fourth-order valence-corrected chi connectivity index (χ4v) is 2.78. The lowest BCUT2D eigenvalue weighted by atomic mass is 10.2. The number of benzene rings is 2. The number of hydrogen-bond donors (Lipinski definition) is 1. The van der Waals surface area contributed by atoms with Crippen molar-refractivity contribution in [3.05, 3.63) is 82.0 Å². The number of amides is 1. The van der Waals surface area contributed by atoms with Gasteiger partial charge in [-0.05, 0) is 54.3 Å². The van der Waals surface area contributed by atoms with Gasteiger partial charge in [0.15, 0.2) is 6.61 Å². The van der Waals surface area contributed by atoms with Crippen molar-refractivity contribution < 1.29 is 9.53 Å². The van der Waals surface area contributed by atoms with E-state index in [2.05, 4.69) is 17.2 Å². The Morgan fingerprint density at radius 2 is 1.96 bits per heavy atom. The fraction of sp³-hybridized carbons (Fsp3) is 0.0952. The maximum atomic E-state index is 12.1. The number of carbonyl (C=O) groups is 1. The fourth-order valence-electron chi connectivity index (χ4n) is 2.21. The summed E-state index contributed by atoms with van der Waals surface area (Å²) < 4.78 is 5.51. The maximum Gasteiger partial charge on any atom is 0.262 e. The van der Waals surface area contributed by atoms with E-state index in [0.29, 0.717) is 11.4 Å². The van der Waals surface area contributed by atoms with Crippen LogP contribution in [0.15, 0.2) is 66.0 Å². The molecule has 4 heteroatoms. The second-order valence-electron chi connectivity index (χ2n) is 5.46. The minimum atomic E-state index is -0.204. The minimum Gasteiger partial charge on any atom is -0.484 e. The molecule has 0 spiro atoms. The van der Waals surface area contributed by atoms with Gasteiger partial charge in [0.25, 0.3) is 5.91 Å². The summed E-state index contributed by atoms with van der Waals surface area (Å²) in [6, 6.07) is 19.0. The first-order valence-corrected chi connectivity index (χ1v) is 8.72. The number of thiophene rings is 1. The molecule has 1 N–H and O–H groups in total. The third kappa shape index (κ3) is 5.23. The molecule has 0 bridgehead atoms. The number of nitrogens with one attached hydrogen (secondary N) is 1. The summed E-state index contributed by atoms with van der Waals surface area (Å²) in [5, 5.41) is 4.83. The van der Waals surface area contributed by atoms with Crippen LogP contribution in [-0.2, 0) is 4.79 Å². The van der Waals surface area contributed by atoms with Gasteiger partial charge in [-0.25, -0.2) is 0 Å². The van der Waals surface area contributed by atoms with Crippen molar-refractivity contribution in [2.45, 2.75) is 6.92 Å².